The molecule has 0 saturated heterocycles. The lowest BCUT2D eigenvalue weighted by Gasteiger charge is -2.14. The minimum Gasteiger partial charge on any atom is -0.495 e. The van der Waals surface area contributed by atoms with Crippen LogP contribution in [-0.2, 0) is 4.79 Å². The first-order valence-corrected chi connectivity index (χ1v) is 8.02. The summed E-state index contributed by atoms with van der Waals surface area (Å²) in [5.74, 6) is 1.16. The molecule has 2 aromatic rings. The molecule has 0 heterocycles. The number of carbonyl (C=O) groups is 1. The van der Waals surface area contributed by atoms with Gasteiger partial charge < -0.3 is 24.8 Å². The Hall–Kier alpha value is -2.31. The van der Waals surface area contributed by atoms with Gasteiger partial charge in [0.25, 0.3) is 0 Å². The summed E-state index contributed by atoms with van der Waals surface area (Å²) in [5.41, 5.74) is 1.07. The number of carbonyl (C=O) groups excluding carboxylic acids is 1. The molecule has 0 radical (unpaired) electrons. The Bertz CT molecular complexity index is 769. The van der Waals surface area contributed by atoms with E-state index in [1.807, 2.05) is 0 Å². The largest absolute Gasteiger partial charge is 0.495 e. The van der Waals surface area contributed by atoms with E-state index in [4.69, 9.17) is 37.4 Å². The molecule has 1 amide bonds. The number of benzene rings is 2. The smallest absolute Gasteiger partial charge is 0.243 e. The number of hydrogen-bond donors (Lipinski definition) is 2. The first kappa shape index (κ1) is 19.0. The number of anilines is 2. The van der Waals surface area contributed by atoms with Gasteiger partial charge in [-0.2, -0.15) is 0 Å². The van der Waals surface area contributed by atoms with Crippen LogP contribution in [0.25, 0.3) is 0 Å². The van der Waals surface area contributed by atoms with E-state index in [1.54, 1.807) is 37.4 Å². The fourth-order valence-electron chi connectivity index (χ4n) is 2.15. The average Bonchev–Trinajstić information content (AvgIpc) is 2.61. The van der Waals surface area contributed by atoms with E-state index in [9.17, 15) is 4.79 Å². The van der Waals surface area contributed by atoms with Crippen molar-refractivity contribution in [2.45, 2.75) is 0 Å². The van der Waals surface area contributed by atoms with Crippen LogP contribution in [0.1, 0.15) is 0 Å². The Morgan fingerprint density at radius 1 is 0.920 bits per heavy atom. The standard InChI is InChI=1S/C17H18Cl2N2O4/c1-23-14-5-4-10(18)6-12(14)20-9-17(22)21-13-8-15(24-2)11(19)7-16(13)25-3/h4-8,20H,9H2,1-3H3,(H,21,22). The van der Waals surface area contributed by atoms with Crippen molar-refractivity contribution in [3.8, 4) is 17.2 Å². The molecule has 0 fully saturated rings. The number of amides is 1. The number of methoxy groups -OCH3 is 3. The molecule has 6 nitrogen and oxygen atoms in total. The Labute approximate surface area is 156 Å². The molecule has 2 aromatic carbocycles. The molecule has 25 heavy (non-hydrogen) atoms. The van der Waals surface area contributed by atoms with Crippen LogP contribution in [0, 0.1) is 0 Å². The van der Waals surface area contributed by atoms with Gasteiger partial charge in [-0.15, -0.1) is 0 Å². The molecule has 2 N–H and O–H groups in total. The molecule has 0 unspecified atom stereocenters. The molecule has 8 heteroatoms. The van der Waals surface area contributed by atoms with Crippen LogP contribution in [0.4, 0.5) is 11.4 Å². The third-order valence-corrected chi connectivity index (χ3v) is 3.88. The molecule has 0 aliphatic heterocycles. The van der Waals surface area contributed by atoms with E-state index in [-0.39, 0.29) is 12.5 Å². The van der Waals surface area contributed by atoms with Gasteiger partial charge in [0, 0.05) is 17.2 Å². The van der Waals surface area contributed by atoms with Gasteiger partial charge in [-0.05, 0) is 18.2 Å². The predicted molar refractivity (Wildman–Crippen MR) is 99.7 cm³/mol. The fraction of sp³-hybridized carbons (Fsp3) is 0.235. The van der Waals surface area contributed by atoms with Gasteiger partial charge in [-0.25, -0.2) is 0 Å². The van der Waals surface area contributed by atoms with Crippen molar-refractivity contribution in [1.29, 1.82) is 0 Å². The lowest BCUT2D eigenvalue weighted by atomic mass is 10.2. The summed E-state index contributed by atoms with van der Waals surface area (Å²) < 4.78 is 15.6. The van der Waals surface area contributed by atoms with E-state index in [2.05, 4.69) is 10.6 Å². The lowest BCUT2D eigenvalue weighted by molar-refractivity contribution is -0.114. The zero-order valence-corrected chi connectivity index (χ0v) is 15.5. The predicted octanol–water partition coefficient (Wildman–Crippen LogP) is 4.07. The van der Waals surface area contributed by atoms with E-state index in [0.717, 1.165) is 0 Å². The Balaban J connectivity index is 2.09. The highest BCUT2D eigenvalue weighted by Gasteiger charge is 2.13. The maximum atomic E-state index is 12.2. The van der Waals surface area contributed by atoms with Crippen molar-refractivity contribution in [2.24, 2.45) is 0 Å². The number of ether oxygens (including phenoxy) is 3. The molecule has 0 atom stereocenters. The second-order valence-electron chi connectivity index (χ2n) is 4.93. The van der Waals surface area contributed by atoms with Crippen LogP contribution in [0.5, 0.6) is 17.2 Å². The van der Waals surface area contributed by atoms with Crippen LogP contribution in [0.15, 0.2) is 30.3 Å². The number of hydrogen-bond acceptors (Lipinski definition) is 5. The van der Waals surface area contributed by atoms with E-state index < -0.39 is 0 Å². The molecule has 0 aromatic heterocycles. The Morgan fingerprint density at radius 2 is 1.60 bits per heavy atom. The molecule has 0 bridgehead atoms. The van der Waals surface area contributed by atoms with Gasteiger partial charge in [0.2, 0.25) is 5.91 Å². The normalized spacial score (nSPS) is 10.1. The zero-order valence-electron chi connectivity index (χ0n) is 14.0. The summed E-state index contributed by atoms with van der Waals surface area (Å²) in [5, 5.41) is 6.65. The third kappa shape index (κ3) is 4.84. The number of halogens is 2. The second-order valence-corrected chi connectivity index (χ2v) is 5.78. The molecule has 0 aliphatic carbocycles. The summed E-state index contributed by atoms with van der Waals surface area (Å²) in [6.07, 6.45) is 0. The van der Waals surface area contributed by atoms with Gasteiger partial charge in [0.15, 0.2) is 0 Å². The van der Waals surface area contributed by atoms with Crippen LogP contribution in [0.2, 0.25) is 10.0 Å². The van der Waals surface area contributed by atoms with Crippen molar-refractivity contribution in [1.82, 2.24) is 0 Å². The highest BCUT2D eigenvalue weighted by Crippen LogP contribution is 2.35. The van der Waals surface area contributed by atoms with Gasteiger partial charge in [-0.3, -0.25) is 4.79 Å². The molecule has 0 aliphatic rings. The first-order valence-electron chi connectivity index (χ1n) is 7.27. The summed E-state index contributed by atoms with van der Waals surface area (Å²) >= 11 is 12.0. The number of rotatable bonds is 7. The van der Waals surface area contributed by atoms with E-state index in [1.165, 1.54) is 14.2 Å². The van der Waals surface area contributed by atoms with Crippen molar-refractivity contribution in [3.05, 3.63) is 40.4 Å². The van der Waals surface area contributed by atoms with Gasteiger partial charge >= 0.3 is 0 Å². The van der Waals surface area contributed by atoms with Crippen molar-refractivity contribution >= 4 is 40.5 Å². The van der Waals surface area contributed by atoms with Crippen LogP contribution in [0.3, 0.4) is 0 Å². The van der Waals surface area contributed by atoms with Crippen molar-refractivity contribution < 1.29 is 19.0 Å². The van der Waals surface area contributed by atoms with Gasteiger partial charge in [0.05, 0.1) is 44.3 Å². The maximum absolute atomic E-state index is 12.2. The summed E-state index contributed by atoms with van der Waals surface area (Å²) in [6, 6.07) is 8.27. The van der Waals surface area contributed by atoms with Crippen LogP contribution < -0.4 is 24.8 Å². The minimum absolute atomic E-state index is 0.00476. The number of nitrogens with one attached hydrogen (secondary N) is 2. The molecular weight excluding hydrogens is 367 g/mol. The topological polar surface area (TPSA) is 68.8 Å². The van der Waals surface area contributed by atoms with Crippen molar-refractivity contribution in [2.75, 3.05) is 38.5 Å². The maximum Gasteiger partial charge on any atom is 0.243 e. The van der Waals surface area contributed by atoms with Crippen LogP contribution >= 0.6 is 23.2 Å². The van der Waals surface area contributed by atoms with Crippen molar-refractivity contribution in [3.63, 3.8) is 0 Å². The molecule has 2 rings (SSSR count). The summed E-state index contributed by atoms with van der Waals surface area (Å²) in [4.78, 5) is 12.2. The highest BCUT2D eigenvalue weighted by molar-refractivity contribution is 6.32. The molecular formula is C17H18Cl2N2O4. The molecule has 0 saturated carbocycles. The SMILES string of the molecule is COc1cc(NC(=O)CNc2cc(Cl)ccc2OC)c(OC)cc1Cl. The average molecular weight is 385 g/mol. The molecule has 134 valence electrons. The van der Waals surface area contributed by atoms with Gasteiger partial charge in [-0.1, -0.05) is 23.2 Å². The summed E-state index contributed by atoms with van der Waals surface area (Å²) in [6.45, 7) is 0.00476. The Morgan fingerprint density at radius 3 is 2.24 bits per heavy atom. The van der Waals surface area contributed by atoms with E-state index in [0.29, 0.717) is 38.7 Å². The zero-order chi connectivity index (χ0) is 18.4. The minimum atomic E-state index is -0.287. The quantitative estimate of drug-likeness (QED) is 0.752. The lowest BCUT2D eigenvalue weighted by Crippen LogP contribution is -2.22. The fourth-order valence-corrected chi connectivity index (χ4v) is 2.55. The third-order valence-electron chi connectivity index (χ3n) is 3.35. The highest BCUT2D eigenvalue weighted by atomic mass is 35.5. The Kier molecular flexibility index (Phi) is 6.61. The summed E-state index contributed by atoms with van der Waals surface area (Å²) in [7, 11) is 4.52. The van der Waals surface area contributed by atoms with E-state index >= 15 is 0 Å². The van der Waals surface area contributed by atoms with Crippen LogP contribution in [-0.4, -0.2) is 33.8 Å². The first-order chi connectivity index (χ1) is 12.0. The second kappa shape index (κ2) is 8.69. The molecule has 0 spiro atoms. The van der Waals surface area contributed by atoms with Gasteiger partial charge in [0.1, 0.15) is 17.2 Å². The monoisotopic (exact) mass is 384 g/mol.